The van der Waals surface area contributed by atoms with Gasteiger partial charge in [0, 0.05) is 16.5 Å². The van der Waals surface area contributed by atoms with E-state index in [0.717, 1.165) is 35.9 Å². The zero-order valence-electron chi connectivity index (χ0n) is 11.9. The van der Waals surface area contributed by atoms with Gasteiger partial charge in [-0.1, -0.05) is 6.92 Å². The first-order valence-corrected chi connectivity index (χ1v) is 7.76. The summed E-state index contributed by atoms with van der Waals surface area (Å²) in [6.07, 6.45) is 0.779. The predicted octanol–water partition coefficient (Wildman–Crippen LogP) is 4.18. The normalized spacial score (nSPS) is 10.4. The topological polar surface area (TPSA) is 47.0 Å². The molecule has 0 amide bonds. The third-order valence-corrected chi connectivity index (χ3v) is 3.56. The fraction of sp³-hybridized carbons (Fsp3) is 0.333. The van der Waals surface area contributed by atoms with Gasteiger partial charge in [0.05, 0.1) is 5.56 Å². The fourth-order valence-corrected chi connectivity index (χ4v) is 2.11. The number of benzene rings is 1. The Kier molecular flexibility index (Phi) is 5.17. The van der Waals surface area contributed by atoms with Crippen molar-refractivity contribution in [3.8, 4) is 11.6 Å². The van der Waals surface area contributed by atoms with Crippen molar-refractivity contribution < 1.29 is 4.74 Å². The molecule has 4 nitrogen and oxygen atoms in total. The van der Waals surface area contributed by atoms with Crippen molar-refractivity contribution in [3.63, 3.8) is 0 Å². The monoisotopic (exact) mass is 383 g/mol. The van der Waals surface area contributed by atoms with Crippen LogP contribution in [0.4, 0.5) is 5.82 Å². The highest BCUT2D eigenvalue weighted by atomic mass is 127. The molecule has 1 aromatic carbocycles. The first-order chi connectivity index (χ1) is 9.63. The fourth-order valence-electron chi connectivity index (χ4n) is 1.75. The summed E-state index contributed by atoms with van der Waals surface area (Å²) in [7, 11) is 0. The number of halogens is 1. The maximum absolute atomic E-state index is 5.90. The second-order valence-electron chi connectivity index (χ2n) is 4.36. The van der Waals surface area contributed by atoms with E-state index in [9.17, 15) is 0 Å². The van der Waals surface area contributed by atoms with Crippen molar-refractivity contribution >= 4 is 28.4 Å². The zero-order valence-corrected chi connectivity index (χ0v) is 14.1. The summed E-state index contributed by atoms with van der Waals surface area (Å²) in [5.41, 5.74) is 0.933. The SMILES string of the molecule is CCNc1nc(CC)nc(Oc2ccc(I)cc2)c1C. The van der Waals surface area contributed by atoms with Gasteiger partial charge >= 0.3 is 0 Å². The highest BCUT2D eigenvalue weighted by Crippen LogP contribution is 2.27. The van der Waals surface area contributed by atoms with E-state index in [4.69, 9.17) is 4.74 Å². The third kappa shape index (κ3) is 3.59. The number of aromatic nitrogens is 2. The van der Waals surface area contributed by atoms with E-state index in [1.807, 2.05) is 45.0 Å². The van der Waals surface area contributed by atoms with Gasteiger partial charge in [-0.2, -0.15) is 4.98 Å². The molecule has 0 fully saturated rings. The van der Waals surface area contributed by atoms with Crippen LogP contribution in [0.2, 0.25) is 0 Å². The summed E-state index contributed by atoms with van der Waals surface area (Å²) >= 11 is 2.27. The smallest absolute Gasteiger partial charge is 0.227 e. The number of hydrogen-bond acceptors (Lipinski definition) is 4. The number of hydrogen-bond donors (Lipinski definition) is 1. The van der Waals surface area contributed by atoms with Gasteiger partial charge in [-0.25, -0.2) is 4.98 Å². The highest BCUT2D eigenvalue weighted by Gasteiger charge is 2.11. The van der Waals surface area contributed by atoms with Gasteiger partial charge in [0.1, 0.15) is 17.4 Å². The second-order valence-corrected chi connectivity index (χ2v) is 5.60. The van der Waals surface area contributed by atoms with Crippen molar-refractivity contribution in [1.82, 2.24) is 9.97 Å². The van der Waals surface area contributed by atoms with Crippen molar-refractivity contribution in [2.75, 3.05) is 11.9 Å². The summed E-state index contributed by atoms with van der Waals surface area (Å²) in [5, 5.41) is 3.25. The molecule has 0 saturated carbocycles. The molecular weight excluding hydrogens is 365 g/mol. The molecule has 0 aliphatic carbocycles. The Morgan fingerprint density at radius 3 is 2.45 bits per heavy atom. The van der Waals surface area contributed by atoms with E-state index >= 15 is 0 Å². The van der Waals surface area contributed by atoms with Crippen LogP contribution in [0.3, 0.4) is 0 Å². The number of nitrogens with one attached hydrogen (secondary N) is 1. The molecule has 20 heavy (non-hydrogen) atoms. The third-order valence-electron chi connectivity index (χ3n) is 2.84. The Hall–Kier alpha value is -1.37. The maximum Gasteiger partial charge on any atom is 0.227 e. The molecule has 1 heterocycles. The molecule has 1 aromatic heterocycles. The molecule has 0 aliphatic heterocycles. The van der Waals surface area contributed by atoms with Crippen LogP contribution in [0.15, 0.2) is 24.3 Å². The highest BCUT2D eigenvalue weighted by molar-refractivity contribution is 14.1. The summed E-state index contributed by atoms with van der Waals surface area (Å²) in [5.74, 6) is 3.04. The quantitative estimate of drug-likeness (QED) is 0.788. The van der Waals surface area contributed by atoms with Crippen LogP contribution in [0.5, 0.6) is 11.6 Å². The van der Waals surface area contributed by atoms with Gasteiger partial charge < -0.3 is 10.1 Å². The van der Waals surface area contributed by atoms with E-state index in [2.05, 4.69) is 37.9 Å². The lowest BCUT2D eigenvalue weighted by Gasteiger charge is -2.13. The number of nitrogens with zero attached hydrogens (tertiary/aromatic N) is 2. The first kappa shape index (κ1) is 15.0. The van der Waals surface area contributed by atoms with Crippen LogP contribution in [0.1, 0.15) is 25.2 Å². The molecule has 2 rings (SSSR count). The predicted molar refractivity (Wildman–Crippen MR) is 89.5 cm³/mol. The number of aryl methyl sites for hydroxylation is 1. The van der Waals surface area contributed by atoms with Crippen molar-refractivity contribution in [1.29, 1.82) is 0 Å². The number of ether oxygens (including phenoxy) is 1. The van der Waals surface area contributed by atoms with E-state index < -0.39 is 0 Å². The van der Waals surface area contributed by atoms with Gasteiger partial charge in [0.25, 0.3) is 0 Å². The Bertz CT molecular complexity index is 584. The van der Waals surface area contributed by atoms with Crippen LogP contribution in [-0.2, 0) is 6.42 Å². The Labute approximate surface area is 133 Å². The van der Waals surface area contributed by atoms with E-state index in [-0.39, 0.29) is 0 Å². The largest absolute Gasteiger partial charge is 0.439 e. The molecule has 0 aliphatic rings. The zero-order chi connectivity index (χ0) is 14.5. The van der Waals surface area contributed by atoms with E-state index in [0.29, 0.717) is 5.88 Å². The second kappa shape index (κ2) is 6.88. The molecule has 0 bridgehead atoms. The van der Waals surface area contributed by atoms with Gasteiger partial charge in [-0.3, -0.25) is 0 Å². The first-order valence-electron chi connectivity index (χ1n) is 6.68. The summed E-state index contributed by atoms with van der Waals surface area (Å²) < 4.78 is 7.08. The van der Waals surface area contributed by atoms with Gasteiger partial charge in [-0.05, 0) is 60.7 Å². The van der Waals surface area contributed by atoms with Crippen molar-refractivity contribution in [3.05, 3.63) is 39.2 Å². The van der Waals surface area contributed by atoms with Crippen LogP contribution in [0.25, 0.3) is 0 Å². The number of anilines is 1. The van der Waals surface area contributed by atoms with Crippen molar-refractivity contribution in [2.45, 2.75) is 27.2 Å². The minimum atomic E-state index is 0.619. The standard InChI is InChI=1S/C15H18IN3O/c1-4-13-18-14(17-5-2)10(3)15(19-13)20-12-8-6-11(16)7-9-12/h6-9H,4-5H2,1-3H3,(H,17,18,19). The lowest BCUT2D eigenvalue weighted by atomic mass is 10.3. The Morgan fingerprint density at radius 1 is 1.15 bits per heavy atom. The van der Waals surface area contributed by atoms with Gasteiger partial charge in [0.15, 0.2) is 0 Å². The Balaban J connectivity index is 2.34. The summed E-state index contributed by atoms with van der Waals surface area (Å²) in [6, 6.07) is 7.92. The lowest BCUT2D eigenvalue weighted by Crippen LogP contribution is -2.07. The number of rotatable bonds is 5. The van der Waals surface area contributed by atoms with Crippen LogP contribution >= 0.6 is 22.6 Å². The van der Waals surface area contributed by atoms with Crippen LogP contribution in [-0.4, -0.2) is 16.5 Å². The molecule has 0 unspecified atom stereocenters. The molecule has 0 saturated heterocycles. The average Bonchev–Trinajstić information content (AvgIpc) is 2.45. The van der Waals surface area contributed by atoms with Crippen LogP contribution in [0, 0.1) is 10.5 Å². The van der Waals surface area contributed by atoms with Crippen molar-refractivity contribution in [2.24, 2.45) is 0 Å². The molecule has 2 aromatic rings. The molecule has 5 heteroatoms. The van der Waals surface area contributed by atoms with Gasteiger partial charge in [0.2, 0.25) is 5.88 Å². The molecule has 106 valence electrons. The molecule has 0 atom stereocenters. The minimum absolute atomic E-state index is 0.619. The summed E-state index contributed by atoms with van der Waals surface area (Å²) in [4.78, 5) is 8.97. The average molecular weight is 383 g/mol. The van der Waals surface area contributed by atoms with Crippen LogP contribution < -0.4 is 10.1 Å². The maximum atomic E-state index is 5.90. The lowest BCUT2D eigenvalue weighted by molar-refractivity contribution is 0.455. The van der Waals surface area contributed by atoms with E-state index in [1.165, 1.54) is 3.57 Å². The summed E-state index contributed by atoms with van der Waals surface area (Å²) in [6.45, 7) is 6.88. The Morgan fingerprint density at radius 2 is 1.85 bits per heavy atom. The van der Waals surface area contributed by atoms with Gasteiger partial charge in [-0.15, -0.1) is 0 Å². The molecule has 0 radical (unpaired) electrons. The van der Waals surface area contributed by atoms with E-state index in [1.54, 1.807) is 0 Å². The molecule has 0 spiro atoms. The minimum Gasteiger partial charge on any atom is -0.439 e. The molecule has 1 N–H and O–H groups in total. The molecular formula is C15H18IN3O.